The molecule has 0 aromatic rings. The molecule has 1 heterocycles. The SMILES string of the molecule is CCCCC/C=C\C/C=C\C/C=C\CC1OC1CCCC(=O)OC[C@H](COP(=O)(O)OCCN)OC(=O)CCC/C=C\C/C=C\C/C=C\CCCCCCCC. The number of carbonyl (C=O) groups excluding carboxylic acids is 2. The maximum atomic E-state index is 12.6. The number of allylic oxidation sites excluding steroid dienone is 11. The second-order valence-electron chi connectivity index (χ2n) is 14.2. The van der Waals surface area contributed by atoms with Gasteiger partial charge in [0.2, 0.25) is 0 Å². The van der Waals surface area contributed by atoms with Crippen LogP contribution < -0.4 is 5.73 Å². The van der Waals surface area contributed by atoms with E-state index in [2.05, 4.69) is 80.7 Å². The van der Waals surface area contributed by atoms with Crippen LogP contribution in [0.25, 0.3) is 0 Å². The minimum atomic E-state index is -4.41. The summed E-state index contributed by atoms with van der Waals surface area (Å²) in [6.45, 7) is 3.53. The molecule has 0 saturated carbocycles. The van der Waals surface area contributed by atoms with Gasteiger partial charge in [-0.15, -0.1) is 0 Å². The van der Waals surface area contributed by atoms with Crippen molar-refractivity contribution in [1.82, 2.24) is 0 Å². The van der Waals surface area contributed by atoms with Crippen LogP contribution in [0.2, 0.25) is 0 Å². The third-order valence-corrected chi connectivity index (χ3v) is 9.97. The van der Waals surface area contributed by atoms with Crippen LogP contribution in [-0.2, 0) is 37.4 Å². The molecular formula is C45H76NO9P. The Hall–Kier alpha value is -2.59. The lowest BCUT2D eigenvalue weighted by atomic mass is 10.1. The molecule has 10 nitrogen and oxygen atoms in total. The van der Waals surface area contributed by atoms with E-state index in [1.807, 2.05) is 6.08 Å². The van der Waals surface area contributed by atoms with Crippen LogP contribution in [0, 0.1) is 0 Å². The Labute approximate surface area is 339 Å². The number of esters is 2. The van der Waals surface area contributed by atoms with E-state index in [1.165, 1.54) is 57.8 Å². The maximum Gasteiger partial charge on any atom is 0.472 e. The van der Waals surface area contributed by atoms with E-state index in [1.54, 1.807) is 0 Å². The zero-order valence-electron chi connectivity index (χ0n) is 34.8. The molecule has 1 aliphatic rings. The van der Waals surface area contributed by atoms with Gasteiger partial charge < -0.3 is 24.8 Å². The molecular weight excluding hydrogens is 729 g/mol. The van der Waals surface area contributed by atoms with Crippen molar-refractivity contribution >= 4 is 19.8 Å². The van der Waals surface area contributed by atoms with E-state index in [0.29, 0.717) is 19.3 Å². The number of rotatable bonds is 38. The smallest absolute Gasteiger partial charge is 0.462 e. The van der Waals surface area contributed by atoms with E-state index < -0.39 is 32.5 Å². The molecule has 11 heteroatoms. The number of phosphoric ester groups is 1. The fourth-order valence-electron chi connectivity index (χ4n) is 5.68. The van der Waals surface area contributed by atoms with E-state index in [-0.39, 0.29) is 44.8 Å². The number of carbonyl (C=O) groups is 2. The highest BCUT2D eigenvalue weighted by Gasteiger charge is 2.36. The van der Waals surface area contributed by atoms with Crippen molar-refractivity contribution in [3.05, 3.63) is 72.9 Å². The Bertz CT molecular complexity index is 1210. The lowest BCUT2D eigenvalue weighted by Gasteiger charge is -2.19. The first-order chi connectivity index (χ1) is 27.3. The van der Waals surface area contributed by atoms with Crippen molar-refractivity contribution in [1.29, 1.82) is 0 Å². The van der Waals surface area contributed by atoms with E-state index in [4.69, 9.17) is 29.0 Å². The van der Waals surface area contributed by atoms with Gasteiger partial charge in [0.05, 0.1) is 25.4 Å². The Morgan fingerprint density at radius 1 is 0.643 bits per heavy atom. The van der Waals surface area contributed by atoms with Crippen molar-refractivity contribution in [3.8, 4) is 0 Å². The lowest BCUT2D eigenvalue weighted by Crippen LogP contribution is -2.29. The van der Waals surface area contributed by atoms with Gasteiger partial charge in [0.15, 0.2) is 6.10 Å². The largest absolute Gasteiger partial charge is 0.472 e. The summed E-state index contributed by atoms with van der Waals surface area (Å²) < 4.78 is 38.5. The van der Waals surface area contributed by atoms with Gasteiger partial charge in [0.1, 0.15) is 6.61 Å². The summed E-state index contributed by atoms with van der Waals surface area (Å²) in [5.74, 6) is -0.973. The van der Waals surface area contributed by atoms with Crippen LogP contribution in [-0.4, -0.2) is 61.5 Å². The first-order valence-corrected chi connectivity index (χ1v) is 23.0. The lowest BCUT2D eigenvalue weighted by molar-refractivity contribution is -0.161. The van der Waals surface area contributed by atoms with Gasteiger partial charge in [0.25, 0.3) is 0 Å². The van der Waals surface area contributed by atoms with Crippen molar-refractivity contribution < 1.29 is 42.3 Å². The highest BCUT2D eigenvalue weighted by Crippen LogP contribution is 2.43. The number of epoxide rings is 1. The van der Waals surface area contributed by atoms with Gasteiger partial charge in [-0.05, 0) is 83.5 Å². The molecule has 0 aliphatic carbocycles. The summed E-state index contributed by atoms with van der Waals surface area (Å²) in [4.78, 5) is 34.9. The van der Waals surface area contributed by atoms with Gasteiger partial charge in [-0.1, -0.05) is 132 Å². The van der Waals surface area contributed by atoms with Gasteiger partial charge in [-0.25, -0.2) is 4.57 Å². The molecule has 1 rings (SSSR count). The molecule has 3 N–H and O–H groups in total. The van der Waals surface area contributed by atoms with Crippen molar-refractivity contribution in [2.75, 3.05) is 26.4 Å². The summed E-state index contributed by atoms with van der Waals surface area (Å²) in [5, 5.41) is 0. The van der Waals surface area contributed by atoms with Crippen LogP contribution in [0.1, 0.15) is 155 Å². The monoisotopic (exact) mass is 806 g/mol. The van der Waals surface area contributed by atoms with E-state index in [0.717, 1.165) is 51.4 Å². The molecule has 0 radical (unpaired) electrons. The van der Waals surface area contributed by atoms with Gasteiger partial charge in [-0.3, -0.25) is 18.6 Å². The Balaban J connectivity index is 2.29. The van der Waals surface area contributed by atoms with Crippen LogP contribution in [0.3, 0.4) is 0 Å². The fraction of sp³-hybridized carbons (Fsp3) is 0.689. The average Bonchev–Trinajstić information content (AvgIpc) is 3.94. The number of ether oxygens (including phenoxy) is 3. The molecule has 0 aromatic heterocycles. The minimum Gasteiger partial charge on any atom is -0.462 e. The molecule has 320 valence electrons. The van der Waals surface area contributed by atoms with Crippen LogP contribution in [0.4, 0.5) is 0 Å². The first-order valence-electron chi connectivity index (χ1n) is 21.5. The normalized spacial score (nSPS) is 17.6. The Morgan fingerprint density at radius 3 is 1.79 bits per heavy atom. The van der Waals surface area contributed by atoms with Crippen LogP contribution >= 0.6 is 7.82 Å². The van der Waals surface area contributed by atoms with Gasteiger partial charge in [0, 0.05) is 19.4 Å². The Kier molecular flexibility index (Phi) is 33.7. The molecule has 1 saturated heterocycles. The number of hydrogen-bond acceptors (Lipinski definition) is 9. The predicted octanol–water partition coefficient (Wildman–Crippen LogP) is 11.3. The van der Waals surface area contributed by atoms with Crippen LogP contribution in [0.5, 0.6) is 0 Å². The summed E-state index contributed by atoms with van der Waals surface area (Å²) in [5.41, 5.74) is 5.34. The van der Waals surface area contributed by atoms with E-state index >= 15 is 0 Å². The van der Waals surface area contributed by atoms with Crippen LogP contribution in [0.15, 0.2) is 72.9 Å². The second-order valence-corrected chi connectivity index (χ2v) is 15.7. The van der Waals surface area contributed by atoms with Gasteiger partial charge >= 0.3 is 19.8 Å². The predicted molar refractivity (Wildman–Crippen MR) is 228 cm³/mol. The third kappa shape index (κ3) is 33.5. The quantitative estimate of drug-likeness (QED) is 0.0203. The second kappa shape index (κ2) is 36.7. The van der Waals surface area contributed by atoms with E-state index in [9.17, 15) is 19.0 Å². The van der Waals surface area contributed by atoms with Gasteiger partial charge in [-0.2, -0.15) is 0 Å². The highest BCUT2D eigenvalue weighted by molar-refractivity contribution is 7.47. The number of nitrogens with two attached hydrogens (primary N) is 1. The number of phosphoric acid groups is 1. The zero-order chi connectivity index (χ0) is 40.8. The molecule has 0 spiro atoms. The molecule has 4 atom stereocenters. The maximum absolute atomic E-state index is 12.6. The molecule has 0 bridgehead atoms. The first kappa shape index (κ1) is 51.4. The molecule has 0 aromatic carbocycles. The number of unbranched alkanes of at least 4 members (excludes halogenated alkanes) is 10. The summed E-state index contributed by atoms with van der Waals surface area (Å²) in [7, 11) is -4.41. The Morgan fingerprint density at radius 2 is 1.16 bits per heavy atom. The molecule has 56 heavy (non-hydrogen) atoms. The molecule has 1 fully saturated rings. The average molecular weight is 806 g/mol. The summed E-state index contributed by atoms with van der Waals surface area (Å²) in [6.07, 6.45) is 46.8. The zero-order valence-corrected chi connectivity index (χ0v) is 35.7. The number of hydrogen-bond donors (Lipinski definition) is 2. The fourth-order valence-corrected chi connectivity index (χ4v) is 6.44. The topological polar surface area (TPSA) is 147 Å². The third-order valence-electron chi connectivity index (χ3n) is 8.99. The highest BCUT2D eigenvalue weighted by atomic mass is 31.2. The standard InChI is InChI=1S/C45H76NO9P/c1-3-5-7-9-11-13-15-17-18-19-20-21-23-25-27-29-31-35-45(48)54-41(40-53-56(49,50)52-38-37-46)39-51-44(47)36-32-34-43-42(55-43)33-30-28-26-24-22-16-14-12-10-8-6-4-2/h12,14,17-18,20-22,24-25,27-28,30,41-43H,3-11,13,15-16,19,23,26,29,31-40,46H2,1-2H3,(H,49,50)/b14-12-,18-17-,21-20-,24-22-,27-25-,30-28-/t41-,42?,43?/m1/s1. The van der Waals surface area contributed by atoms with Crippen molar-refractivity contribution in [3.63, 3.8) is 0 Å². The molecule has 3 unspecified atom stereocenters. The summed E-state index contributed by atoms with van der Waals surface area (Å²) >= 11 is 0. The molecule has 0 amide bonds. The minimum absolute atomic E-state index is 0.0316. The van der Waals surface area contributed by atoms with Crippen molar-refractivity contribution in [2.45, 2.75) is 173 Å². The van der Waals surface area contributed by atoms with Crippen molar-refractivity contribution in [2.24, 2.45) is 5.73 Å². The summed E-state index contributed by atoms with van der Waals surface area (Å²) in [6, 6.07) is 0. The molecule has 1 aliphatic heterocycles.